The summed E-state index contributed by atoms with van der Waals surface area (Å²) >= 11 is 0. The Labute approximate surface area is 124 Å². The molecule has 8 heteroatoms. The highest BCUT2D eigenvalue weighted by Gasteiger charge is 2.20. The van der Waals surface area contributed by atoms with Crippen LogP contribution in [0.5, 0.6) is 5.75 Å². The van der Waals surface area contributed by atoms with Crippen LogP contribution in [0.2, 0.25) is 0 Å². The molecule has 2 N–H and O–H groups in total. The number of carbonyl (C=O) groups is 1. The van der Waals surface area contributed by atoms with Crippen molar-refractivity contribution < 1.29 is 23.1 Å². The zero-order valence-electron chi connectivity index (χ0n) is 12.3. The van der Waals surface area contributed by atoms with Crippen molar-refractivity contribution in [3.63, 3.8) is 0 Å². The summed E-state index contributed by atoms with van der Waals surface area (Å²) in [5, 5.41) is 8.90. The highest BCUT2D eigenvalue weighted by Crippen LogP contribution is 2.24. The summed E-state index contributed by atoms with van der Waals surface area (Å²) in [6, 6.07) is 3.66. The van der Waals surface area contributed by atoms with E-state index >= 15 is 0 Å². The predicted molar refractivity (Wildman–Crippen MR) is 78.3 cm³/mol. The van der Waals surface area contributed by atoms with Crippen LogP contribution in [0.4, 0.5) is 0 Å². The monoisotopic (exact) mass is 316 g/mol. The summed E-state index contributed by atoms with van der Waals surface area (Å²) < 4.78 is 31.8. The van der Waals surface area contributed by atoms with Crippen LogP contribution in [0.3, 0.4) is 0 Å². The largest absolute Gasteiger partial charge is 0.495 e. The molecule has 1 aromatic carbocycles. The Bertz CT molecular complexity index is 599. The second-order valence-corrected chi connectivity index (χ2v) is 6.46. The highest BCUT2D eigenvalue weighted by molar-refractivity contribution is 7.89. The Morgan fingerprint density at radius 2 is 2.05 bits per heavy atom. The third-order valence-electron chi connectivity index (χ3n) is 2.77. The van der Waals surface area contributed by atoms with E-state index in [4.69, 9.17) is 9.84 Å². The summed E-state index contributed by atoms with van der Waals surface area (Å²) in [6.07, 6.45) is 0.668. The van der Waals surface area contributed by atoms with Crippen LogP contribution in [-0.2, 0) is 10.0 Å². The van der Waals surface area contributed by atoms with E-state index in [1.807, 2.05) is 19.0 Å². The molecule has 0 atom stereocenters. The quantitative estimate of drug-likeness (QED) is 0.683. The van der Waals surface area contributed by atoms with E-state index < -0.39 is 16.0 Å². The molecule has 0 aliphatic heterocycles. The van der Waals surface area contributed by atoms with Crippen molar-refractivity contribution in [2.45, 2.75) is 11.3 Å². The molecule has 0 radical (unpaired) electrons. The Balaban J connectivity index is 2.90. The molecule has 21 heavy (non-hydrogen) atoms. The summed E-state index contributed by atoms with van der Waals surface area (Å²) in [7, 11) is 1.38. The van der Waals surface area contributed by atoms with E-state index in [0.717, 1.165) is 6.54 Å². The molecule has 0 fully saturated rings. The van der Waals surface area contributed by atoms with E-state index in [-0.39, 0.29) is 16.2 Å². The van der Waals surface area contributed by atoms with Crippen molar-refractivity contribution in [1.29, 1.82) is 0 Å². The first-order valence-electron chi connectivity index (χ1n) is 6.33. The molecular weight excluding hydrogens is 296 g/mol. The van der Waals surface area contributed by atoms with Crippen LogP contribution in [0, 0.1) is 0 Å². The minimum atomic E-state index is -3.73. The number of nitrogens with zero attached hydrogens (tertiary/aromatic N) is 1. The fourth-order valence-corrected chi connectivity index (χ4v) is 2.93. The van der Waals surface area contributed by atoms with E-state index in [0.29, 0.717) is 13.0 Å². The Morgan fingerprint density at radius 1 is 1.38 bits per heavy atom. The number of methoxy groups -OCH3 is 1. The van der Waals surface area contributed by atoms with E-state index in [1.165, 1.54) is 25.3 Å². The van der Waals surface area contributed by atoms with Crippen LogP contribution in [0.1, 0.15) is 16.8 Å². The lowest BCUT2D eigenvalue weighted by Crippen LogP contribution is -2.27. The maximum Gasteiger partial charge on any atom is 0.335 e. The van der Waals surface area contributed by atoms with Crippen LogP contribution in [0.15, 0.2) is 23.1 Å². The van der Waals surface area contributed by atoms with Gasteiger partial charge < -0.3 is 14.7 Å². The summed E-state index contributed by atoms with van der Waals surface area (Å²) in [5.41, 5.74) is -0.0293. The molecule has 1 rings (SSSR count). The molecule has 118 valence electrons. The predicted octanol–water partition coefficient (Wildman–Crippen LogP) is 0.623. The molecule has 0 saturated carbocycles. The molecule has 0 aliphatic carbocycles. The summed E-state index contributed by atoms with van der Waals surface area (Å²) in [5.74, 6) is -1.13. The molecule has 0 aliphatic rings. The number of hydrogen-bond donors (Lipinski definition) is 2. The van der Waals surface area contributed by atoms with Gasteiger partial charge in [-0.15, -0.1) is 0 Å². The van der Waals surface area contributed by atoms with Crippen LogP contribution >= 0.6 is 0 Å². The number of benzene rings is 1. The van der Waals surface area contributed by atoms with E-state index in [1.54, 1.807) is 0 Å². The van der Waals surface area contributed by atoms with Gasteiger partial charge in [0, 0.05) is 6.54 Å². The van der Waals surface area contributed by atoms with Gasteiger partial charge in [0.2, 0.25) is 10.0 Å². The van der Waals surface area contributed by atoms with Crippen LogP contribution in [0.25, 0.3) is 0 Å². The zero-order valence-corrected chi connectivity index (χ0v) is 13.1. The maximum atomic E-state index is 12.2. The molecule has 1 aromatic rings. The molecule has 0 saturated heterocycles. The number of nitrogens with one attached hydrogen (secondary N) is 1. The number of hydrogen-bond acceptors (Lipinski definition) is 5. The normalized spacial score (nSPS) is 11.6. The van der Waals surface area contributed by atoms with Gasteiger partial charge in [-0.1, -0.05) is 0 Å². The summed E-state index contributed by atoms with van der Waals surface area (Å²) in [4.78, 5) is 12.8. The van der Waals surface area contributed by atoms with Crippen LogP contribution in [-0.4, -0.2) is 58.7 Å². The fraction of sp³-hybridized carbons (Fsp3) is 0.462. The molecule has 0 bridgehead atoms. The molecular formula is C13H20N2O5S. The Morgan fingerprint density at radius 3 is 2.57 bits per heavy atom. The number of sulfonamides is 1. The fourth-order valence-electron chi connectivity index (χ4n) is 1.70. The van der Waals surface area contributed by atoms with Gasteiger partial charge in [0.25, 0.3) is 0 Å². The van der Waals surface area contributed by atoms with Crippen molar-refractivity contribution in [3.8, 4) is 5.75 Å². The number of carboxylic acids is 1. The Hall–Kier alpha value is -1.64. The lowest BCUT2D eigenvalue weighted by molar-refractivity contribution is 0.0696. The van der Waals surface area contributed by atoms with Gasteiger partial charge in [0.15, 0.2) is 0 Å². The number of rotatable bonds is 8. The average Bonchev–Trinajstić information content (AvgIpc) is 2.42. The van der Waals surface area contributed by atoms with Gasteiger partial charge in [-0.2, -0.15) is 0 Å². The molecule has 0 heterocycles. The molecule has 7 nitrogen and oxygen atoms in total. The molecule has 0 spiro atoms. The minimum Gasteiger partial charge on any atom is -0.495 e. The first-order chi connectivity index (χ1) is 9.77. The minimum absolute atomic E-state index is 0.00927. The van der Waals surface area contributed by atoms with Crippen molar-refractivity contribution >= 4 is 16.0 Å². The van der Waals surface area contributed by atoms with Crippen molar-refractivity contribution in [2.24, 2.45) is 0 Å². The van der Waals surface area contributed by atoms with Gasteiger partial charge in [0.05, 0.1) is 12.7 Å². The van der Waals surface area contributed by atoms with E-state index in [9.17, 15) is 13.2 Å². The van der Waals surface area contributed by atoms with Crippen molar-refractivity contribution in [3.05, 3.63) is 23.8 Å². The van der Waals surface area contributed by atoms with Gasteiger partial charge in [-0.25, -0.2) is 17.9 Å². The summed E-state index contributed by atoms with van der Waals surface area (Å²) in [6.45, 7) is 1.06. The van der Waals surface area contributed by atoms with Gasteiger partial charge in [0.1, 0.15) is 10.6 Å². The first-order valence-corrected chi connectivity index (χ1v) is 7.82. The number of carboxylic acid groups (broad SMARTS) is 1. The average molecular weight is 316 g/mol. The van der Waals surface area contributed by atoms with Crippen molar-refractivity contribution in [2.75, 3.05) is 34.3 Å². The maximum absolute atomic E-state index is 12.2. The SMILES string of the molecule is COc1cc(C(=O)O)ccc1S(=O)(=O)NCCCN(C)C. The zero-order chi connectivity index (χ0) is 16.0. The lowest BCUT2D eigenvalue weighted by Gasteiger charge is -2.12. The molecule has 0 aromatic heterocycles. The third kappa shape index (κ3) is 5.00. The topological polar surface area (TPSA) is 95.9 Å². The highest BCUT2D eigenvalue weighted by atomic mass is 32.2. The Kier molecular flexibility index (Phi) is 6.13. The third-order valence-corrected chi connectivity index (χ3v) is 4.27. The molecule has 0 unspecified atom stereocenters. The van der Waals surface area contributed by atoms with Crippen LogP contribution < -0.4 is 9.46 Å². The first kappa shape index (κ1) is 17.4. The number of aromatic carboxylic acids is 1. The lowest BCUT2D eigenvalue weighted by atomic mass is 10.2. The number of ether oxygens (including phenoxy) is 1. The van der Waals surface area contributed by atoms with E-state index in [2.05, 4.69) is 4.72 Å². The van der Waals surface area contributed by atoms with Gasteiger partial charge >= 0.3 is 5.97 Å². The second-order valence-electron chi connectivity index (χ2n) is 4.73. The second kappa shape index (κ2) is 7.39. The molecule has 0 amide bonds. The van der Waals surface area contributed by atoms with Gasteiger partial charge in [-0.05, 0) is 45.3 Å². The smallest absolute Gasteiger partial charge is 0.335 e. The van der Waals surface area contributed by atoms with Gasteiger partial charge in [-0.3, -0.25) is 0 Å². The standard InChI is InChI=1S/C13H20N2O5S/c1-15(2)8-4-7-14-21(18,19)12-6-5-10(13(16)17)9-11(12)20-3/h5-6,9,14H,4,7-8H2,1-3H3,(H,16,17). The van der Waals surface area contributed by atoms with Crippen molar-refractivity contribution in [1.82, 2.24) is 9.62 Å².